The van der Waals surface area contributed by atoms with Crippen molar-refractivity contribution in [1.82, 2.24) is 10.6 Å². The number of thiocarbonyl (C=S) groups is 1. The first-order valence-electron chi connectivity index (χ1n) is 7.47. The van der Waals surface area contributed by atoms with Crippen LogP contribution in [0.5, 0.6) is 0 Å². The molecule has 21 heavy (non-hydrogen) atoms. The van der Waals surface area contributed by atoms with Gasteiger partial charge in [0.1, 0.15) is 0 Å². The van der Waals surface area contributed by atoms with Crippen LogP contribution in [0.25, 0.3) is 0 Å². The van der Waals surface area contributed by atoms with Crippen LogP contribution in [-0.4, -0.2) is 30.7 Å². The molecular weight excluding hydrogens is 284 g/mol. The Morgan fingerprint density at radius 2 is 1.76 bits per heavy atom. The van der Waals surface area contributed by atoms with E-state index in [4.69, 9.17) is 21.7 Å². The molecule has 0 saturated heterocycles. The molecule has 1 aromatic carbocycles. The van der Waals surface area contributed by atoms with E-state index in [-0.39, 0.29) is 12.3 Å². The van der Waals surface area contributed by atoms with Crippen LogP contribution in [0.4, 0.5) is 0 Å². The van der Waals surface area contributed by atoms with E-state index >= 15 is 0 Å². The van der Waals surface area contributed by atoms with Crippen LogP contribution in [0.1, 0.15) is 32.8 Å². The summed E-state index contributed by atoms with van der Waals surface area (Å²) in [5.41, 5.74) is 1.20. The van der Waals surface area contributed by atoms with E-state index < -0.39 is 0 Å². The van der Waals surface area contributed by atoms with Gasteiger partial charge in [0, 0.05) is 32.2 Å². The van der Waals surface area contributed by atoms with Crippen molar-refractivity contribution in [2.75, 3.05) is 13.2 Å². The summed E-state index contributed by atoms with van der Waals surface area (Å²) in [5.74, 6) is 0. The maximum atomic E-state index is 5.54. The van der Waals surface area contributed by atoms with Crippen LogP contribution in [0.3, 0.4) is 0 Å². The fraction of sp³-hybridized carbons (Fsp3) is 0.562. The Bertz CT molecular complexity index is 395. The summed E-state index contributed by atoms with van der Waals surface area (Å²) in [7, 11) is 0. The summed E-state index contributed by atoms with van der Waals surface area (Å²) in [5, 5.41) is 7.11. The number of hydrogen-bond donors (Lipinski definition) is 2. The molecule has 0 aliphatic carbocycles. The van der Waals surface area contributed by atoms with Gasteiger partial charge in [0.2, 0.25) is 0 Å². The Kier molecular flexibility index (Phi) is 8.98. The second-order valence-corrected chi connectivity index (χ2v) is 5.20. The lowest BCUT2D eigenvalue weighted by atomic mass is 10.2. The topological polar surface area (TPSA) is 42.5 Å². The van der Waals surface area contributed by atoms with E-state index in [1.54, 1.807) is 0 Å². The molecule has 118 valence electrons. The van der Waals surface area contributed by atoms with Gasteiger partial charge >= 0.3 is 0 Å². The summed E-state index contributed by atoms with van der Waals surface area (Å²) < 4.78 is 11.1. The second-order valence-electron chi connectivity index (χ2n) is 4.79. The Morgan fingerprint density at radius 3 is 2.33 bits per heavy atom. The lowest BCUT2D eigenvalue weighted by Gasteiger charge is -2.22. The minimum absolute atomic E-state index is 0.181. The quantitative estimate of drug-likeness (QED) is 0.542. The number of benzene rings is 1. The molecular formula is C16H26N2O2S. The average molecular weight is 310 g/mol. The van der Waals surface area contributed by atoms with Crippen LogP contribution in [-0.2, 0) is 16.0 Å². The number of rotatable bonds is 9. The van der Waals surface area contributed by atoms with Crippen molar-refractivity contribution in [2.24, 2.45) is 0 Å². The highest BCUT2D eigenvalue weighted by atomic mass is 32.1. The SMILES string of the molecule is CCOC(CC(C)NC(=S)NCc1ccccc1)OCC. The Hall–Kier alpha value is -1.17. The molecule has 2 N–H and O–H groups in total. The highest BCUT2D eigenvalue weighted by Crippen LogP contribution is 2.05. The Morgan fingerprint density at radius 1 is 1.14 bits per heavy atom. The molecule has 1 atom stereocenters. The zero-order valence-electron chi connectivity index (χ0n) is 13.1. The third kappa shape index (κ3) is 7.99. The molecule has 0 saturated carbocycles. The third-order valence-corrected chi connectivity index (χ3v) is 3.19. The van der Waals surface area contributed by atoms with Crippen LogP contribution >= 0.6 is 12.2 Å². The first-order valence-corrected chi connectivity index (χ1v) is 7.88. The smallest absolute Gasteiger partial charge is 0.166 e. The first-order chi connectivity index (χ1) is 10.2. The maximum Gasteiger partial charge on any atom is 0.166 e. The molecule has 0 aliphatic rings. The van der Waals surface area contributed by atoms with E-state index in [1.807, 2.05) is 32.0 Å². The van der Waals surface area contributed by atoms with E-state index in [0.717, 1.165) is 13.0 Å². The largest absolute Gasteiger partial charge is 0.360 e. The molecule has 0 amide bonds. The predicted molar refractivity (Wildman–Crippen MR) is 90.1 cm³/mol. The van der Waals surface area contributed by atoms with E-state index in [2.05, 4.69) is 29.7 Å². The van der Waals surface area contributed by atoms with Crippen molar-refractivity contribution in [3.05, 3.63) is 35.9 Å². The summed E-state index contributed by atoms with van der Waals surface area (Å²) in [6.45, 7) is 8.02. The Balaban J connectivity index is 2.29. The van der Waals surface area contributed by atoms with Gasteiger partial charge in [-0.05, 0) is 38.6 Å². The number of nitrogens with one attached hydrogen (secondary N) is 2. The van der Waals surface area contributed by atoms with Crippen molar-refractivity contribution in [2.45, 2.75) is 46.1 Å². The van der Waals surface area contributed by atoms with Gasteiger partial charge in [-0.3, -0.25) is 0 Å². The molecule has 1 rings (SSSR count). The van der Waals surface area contributed by atoms with Crippen LogP contribution < -0.4 is 10.6 Å². The van der Waals surface area contributed by atoms with Gasteiger partial charge in [-0.2, -0.15) is 0 Å². The van der Waals surface area contributed by atoms with Crippen molar-refractivity contribution in [1.29, 1.82) is 0 Å². The van der Waals surface area contributed by atoms with Crippen LogP contribution in [0, 0.1) is 0 Å². The molecule has 0 aliphatic heterocycles. The number of hydrogen-bond acceptors (Lipinski definition) is 3. The van der Waals surface area contributed by atoms with Gasteiger partial charge in [-0.25, -0.2) is 0 Å². The minimum Gasteiger partial charge on any atom is -0.360 e. The Labute approximate surface area is 133 Å². The van der Waals surface area contributed by atoms with E-state index in [1.165, 1.54) is 5.56 Å². The van der Waals surface area contributed by atoms with Crippen LogP contribution in [0.2, 0.25) is 0 Å². The predicted octanol–water partition coefficient (Wildman–Crippen LogP) is 2.83. The second kappa shape index (κ2) is 10.5. The van der Waals surface area contributed by atoms with Gasteiger partial charge < -0.3 is 20.1 Å². The van der Waals surface area contributed by atoms with Crippen LogP contribution in [0.15, 0.2) is 30.3 Å². The molecule has 0 aromatic heterocycles. The molecule has 0 heterocycles. The minimum atomic E-state index is -0.181. The fourth-order valence-corrected chi connectivity index (χ4v) is 2.23. The van der Waals surface area contributed by atoms with Gasteiger partial charge in [-0.1, -0.05) is 30.3 Å². The molecule has 0 bridgehead atoms. The molecule has 0 radical (unpaired) electrons. The summed E-state index contributed by atoms with van der Waals surface area (Å²) in [4.78, 5) is 0. The zero-order chi connectivity index (χ0) is 15.5. The standard InChI is InChI=1S/C16H26N2O2S/c1-4-19-15(20-5-2)11-13(3)18-16(21)17-12-14-9-7-6-8-10-14/h6-10,13,15H,4-5,11-12H2,1-3H3,(H2,17,18,21). The van der Waals surface area contributed by atoms with Crippen molar-refractivity contribution < 1.29 is 9.47 Å². The highest BCUT2D eigenvalue weighted by molar-refractivity contribution is 7.80. The van der Waals surface area contributed by atoms with Crippen molar-refractivity contribution >= 4 is 17.3 Å². The summed E-state index contributed by atoms with van der Waals surface area (Å²) in [6.07, 6.45) is 0.578. The number of ether oxygens (including phenoxy) is 2. The van der Waals surface area contributed by atoms with Gasteiger partial charge in [0.25, 0.3) is 0 Å². The lowest BCUT2D eigenvalue weighted by Crippen LogP contribution is -2.42. The van der Waals surface area contributed by atoms with E-state index in [0.29, 0.717) is 18.3 Å². The highest BCUT2D eigenvalue weighted by Gasteiger charge is 2.13. The molecule has 1 aromatic rings. The molecule has 1 unspecified atom stereocenters. The van der Waals surface area contributed by atoms with Gasteiger partial charge in [-0.15, -0.1) is 0 Å². The zero-order valence-corrected chi connectivity index (χ0v) is 13.9. The molecule has 5 heteroatoms. The average Bonchev–Trinajstić information content (AvgIpc) is 2.46. The third-order valence-electron chi connectivity index (χ3n) is 2.92. The first kappa shape index (κ1) is 17.9. The van der Waals surface area contributed by atoms with E-state index in [9.17, 15) is 0 Å². The molecule has 4 nitrogen and oxygen atoms in total. The fourth-order valence-electron chi connectivity index (χ4n) is 1.96. The molecule has 0 spiro atoms. The van der Waals surface area contributed by atoms with Crippen molar-refractivity contribution in [3.63, 3.8) is 0 Å². The summed E-state index contributed by atoms with van der Waals surface area (Å²) >= 11 is 5.31. The normalized spacial score (nSPS) is 12.2. The van der Waals surface area contributed by atoms with Gasteiger partial charge in [0.15, 0.2) is 11.4 Å². The molecule has 0 fully saturated rings. The van der Waals surface area contributed by atoms with Gasteiger partial charge in [0.05, 0.1) is 0 Å². The maximum absolute atomic E-state index is 5.54. The lowest BCUT2D eigenvalue weighted by molar-refractivity contribution is -0.141. The summed E-state index contributed by atoms with van der Waals surface area (Å²) in [6, 6.07) is 10.4. The van der Waals surface area contributed by atoms with Crippen molar-refractivity contribution in [3.8, 4) is 0 Å². The monoisotopic (exact) mass is 310 g/mol.